The molecule has 0 rings (SSSR count). The highest BCUT2D eigenvalue weighted by Crippen LogP contribution is 2.28. The van der Waals surface area contributed by atoms with Gasteiger partial charge in [-0.15, -0.1) is 0 Å². The summed E-state index contributed by atoms with van der Waals surface area (Å²) in [6.07, 6.45) is 15.7. The van der Waals surface area contributed by atoms with E-state index in [-0.39, 0.29) is 0 Å². The Balaban J connectivity index is 3.51. The van der Waals surface area contributed by atoms with Crippen LogP contribution in [0.1, 0.15) is 92.9 Å². The van der Waals surface area contributed by atoms with Crippen LogP contribution in [0, 0.1) is 23.7 Å². The van der Waals surface area contributed by atoms with Crippen molar-refractivity contribution in [3.05, 3.63) is 12.2 Å². The van der Waals surface area contributed by atoms with E-state index in [0.717, 1.165) is 23.7 Å². The zero-order valence-electron chi connectivity index (χ0n) is 15.1. The van der Waals surface area contributed by atoms with Crippen molar-refractivity contribution in [3.8, 4) is 0 Å². The van der Waals surface area contributed by atoms with Crippen LogP contribution in [0.4, 0.5) is 0 Å². The van der Waals surface area contributed by atoms with Crippen LogP contribution in [0.2, 0.25) is 0 Å². The van der Waals surface area contributed by atoms with Crippen LogP contribution >= 0.6 is 0 Å². The molecule has 0 aromatic heterocycles. The first-order chi connectivity index (χ1) is 9.49. The van der Waals surface area contributed by atoms with Gasteiger partial charge in [0.1, 0.15) is 0 Å². The van der Waals surface area contributed by atoms with Crippen LogP contribution in [0.25, 0.3) is 0 Å². The van der Waals surface area contributed by atoms with E-state index in [4.69, 9.17) is 0 Å². The zero-order chi connectivity index (χ0) is 15.4. The van der Waals surface area contributed by atoms with Gasteiger partial charge in [0.2, 0.25) is 0 Å². The second-order valence-electron chi connectivity index (χ2n) is 7.34. The summed E-state index contributed by atoms with van der Waals surface area (Å²) in [6.45, 7) is 14.2. The summed E-state index contributed by atoms with van der Waals surface area (Å²) in [6, 6.07) is 0. The minimum atomic E-state index is 0.828. The number of hydrogen-bond donors (Lipinski definition) is 0. The van der Waals surface area contributed by atoms with E-state index in [0.29, 0.717) is 0 Å². The molecule has 3 unspecified atom stereocenters. The summed E-state index contributed by atoms with van der Waals surface area (Å²) in [5.41, 5.74) is 0. The molecule has 0 nitrogen and oxygen atoms in total. The monoisotopic (exact) mass is 280 g/mol. The molecule has 0 heteroatoms. The fraction of sp³-hybridized carbons (Fsp3) is 0.900. The summed E-state index contributed by atoms with van der Waals surface area (Å²) < 4.78 is 0. The van der Waals surface area contributed by atoms with Crippen molar-refractivity contribution in [1.29, 1.82) is 0 Å². The van der Waals surface area contributed by atoms with Gasteiger partial charge in [-0.3, -0.25) is 0 Å². The van der Waals surface area contributed by atoms with Crippen LogP contribution in [-0.2, 0) is 0 Å². The lowest BCUT2D eigenvalue weighted by molar-refractivity contribution is 0.246. The van der Waals surface area contributed by atoms with Crippen LogP contribution in [0.15, 0.2) is 12.2 Å². The van der Waals surface area contributed by atoms with E-state index < -0.39 is 0 Å². The molecule has 0 saturated heterocycles. The van der Waals surface area contributed by atoms with Gasteiger partial charge < -0.3 is 0 Å². The molecular weight excluding hydrogens is 240 g/mol. The molecule has 0 heterocycles. The van der Waals surface area contributed by atoms with Gasteiger partial charge in [-0.05, 0) is 49.9 Å². The minimum Gasteiger partial charge on any atom is -0.0917 e. The molecule has 3 atom stereocenters. The van der Waals surface area contributed by atoms with Crippen molar-refractivity contribution < 1.29 is 0 Å². The predicted molar refractivity (Wildman–Crippen MR) is 94.1 cm³/mol. The Kier molecular flexibility index (Phi) is 12.3. The number of unbranched alkanes of at least 4 members (excludes halogenated alkanes) is 5. The molecular formula is C20H40. The van der Waals surface area contributed by atoms with Gasteiger partial charge in [-0.2, -0.15) is 0 Å². The first-order valence-corrected chi connectivity index (χ1v) is 9.10. The maximum absolute atomic E-state index is 2.45. The number of rotatable bonds is 12. The van der Waals surface area contributed by atoms with Crippen molar-refractivity contribution in [3.63, 3.8) is 0 Å². The Morgan fingerprint density at radius 2 is 1.40 bits per heavy atom. The molecule has 0 bridgehead atoms. The minimum absolute atomic E-state index is 0.828. The average Bonchev–Trinajstić information content (AvgIpc) is 2.40. The summed E-state index contributed by atoms with van der Waals surface area (Å²) in [5, 5.41) is 0. The van der Waals surface area contributed by atoms with Gasteiger partial charge in [0.25, 0.3) is 0 Å². The second kappa shape index (κ2) is 12.5. The molecule has 0 aromatic carbocycles. The summed E-state index contributed by atoms with van der Waals surface area (Å²) in [4.78, 5) is 0. The fourth-order valence-electron chi connectivity index (χ4n) is 3.08. The van der Waals surface area contributed by atoms with Gasteiger partial charge in [0, 0.05) is 0 Å². The molecule has 0 aliphatic rings. The summed E-state index contributed by atoms with van der Waals surface area (Å²) in [5.74, 6) is 3.48. The maximum atomic E-state index is 2.45. The lowest BCUT2D eigenvalue weighted by atomic mass is 9.80. The lowest BCUT2D eigenvalue weighted by Gasteiger charge is -2.26. The summed E-state index contributed by atoms with van der Waals surface area (Å²) >= 11 is 0. The molecule has 0 fully saturated rings. The quantitative estimate of drug-likeness (QED) is 0.261. The van der Waals surface area contributed by atoms with Gasteiger partial charge in [-0.1, -0.05) is 78.9 Å². The Labute approximate surface area is 129 Å². The standard InChI is InChI=1S/C20H40/c1-7-8-9-10-11-12-13-14-15-18(4)16-19(5)20(6)17(2)3/h7-8,17-20H,9-16H2,1-6H3. The molecule has 0 N–H and O–H groups in total. The molecule has 0 amide bonds. The van der Waals surface area contributed by atoms with E-state index in [9.17, 15) is 0 Å². The van der Waals surface area contributed by atoms with Crippen molar-refractivity contribution in [2.24, 2.45) is 23.7 Å². The molecule has 0 aliphatic carbocycles. The first kappa shape index (κ1) is 19.7. The molecule has 20 heavy (non-hydrogen) atoms. The Hall–Kier alpha value is -0.260. The smallest absolute Gasteiger partial charge is 0.0351 e. The normalized spacial score (nSPS) is 16.8. The van der Waals surface area contributed by atoms with E-state index in [1.54, 1.807) is 0 Å². The topological polar surface area (TPSA) is 0 Å². The molecule has 120 valence electrons. The Morgan fingerprint density at radius 3 is 2.00 bits per heavy atom. The SMILES string of the molecule is CC=CCCCCCCCC(C)CC(C)C(C)C(C)C. The van der Waals surface area contributed by atoms with E-state index in [2.05, 4.69) is 53.7 Å². The predicted octanol–water partition coefficient (Wildman–Crippen LogP) is 7.25. The van der Waals surface area contributed by atoms with E-state index >= 15 is 0 Å². The Morgan fingerprint density at radius 1 is 0.800 bits per heavy atom. The van der Waals surface area contributed by atoms with Crippen molar-refractivity contribution in [2.75, 3.05) is 0 Å². The third-order valence-corrected chi connectivity index (χ3v) is 5.03. The van der Waals surface area contributed by atoms with Crippen LogP contribution in [0.3, 0.4) is 0 Å². The van der Waals surface area contributed by atoms with Crippen LogP contribution in [0.5, 0.6) is 0 Å². The fourth-order valence-corrected chi connectivity index (χ4v) is 3.08. The number of allylic oxidation sites excluding steroid dienone is 2. The Bertz CT molecular complexity index is 226. The molecule has 0 radical (unpaired) electrons. The van der Waals surface area contributed by atoms with Gasteiger partial charge in [0.05, 0.1) is 0 Å². The number of hydrogen-bond acceptors (Lipinski definition) is 0. The molecule has 0 spiro atoms. The molecule has 0 aliphatic heterocycles. The largest absolute Gasteiger partial charge is 0.0917 e. The van der Waals surface area contributed by atoms with Crippen LogP contribution < -0.4 is 0 Å². The van der Waals surface area contributed by atoms with E-state index in [1.165, 1.54) is 51.4 Å². The molecule has 0 saturated carbocycles. The maximum Gasteiger partial charge on any atom is -0.0351 e. The van der Waals surface area contributed by atoms with Gasteiger partial charge in [-0.25, -0.2) is 0 Å². The van der Waals surface area contributed by atoms with Crippen molar-refractivity contribution in [1.82, 2.24) is 0 Å². The summed E-state index contributed by atoms with van der Waals surface area (Å²) in [7, 11) is 0. The van der Waals surface area contributed by atoms with Crippen LogP contribution in [-0.4, -0.2) is 0 Å². The average molecular weight is 281 g/mol. The highest BCUT2D eigenvalue weighted by molar-refractivity contribution is 4.76. The highest BCUT2D eigenvalue weighted by Gasteiger charge is 2.17. The third-order valence-electron chi connectivity index (χ3n) is 5.03. The van der Waals surface area contributed by atoms with Gasteiger partial charge >= 0.3 is 0 Å². The highest BCUT2D eigenvalue weighted by atomic mass is 14.2. The van der Waals surface area contributed by atoms with E-state index in [1.807, 2.05) is 0 Å². The second-order valence-corrected chi connectivity index (χ2v) is 7.34. The third kappa shape index (κ3) is 10.5. The lowest BCUT2D eigenvalue weighted by Crippen LogP contribution is -2.16. The zero-order valence-corrected chi connectivity index (χ0v) is 15.1. The first-order valence-electron chi connectivity index (χ1n) is 9.10. The van der Waals surface area contributed by atoms with Crippen molar-refractivity contribution in [2.45, 2.75) is 92.9 Å². The van der Waals surface area contributed by atoms with Crippen molar-refractivity contribution >= 4 is 0 Å². The van der Waals surface area contributed by atoms with Gasteiger partial charge in [0.15, 0.2) is 0 Å². The molecule has 0 aromatic rings.